The van der Waals surface area contributed by atoms with Crippen LogP contribution in [0.3, 0.4) is 0 Å². The maximum absolute atomic E-state index is 6.17. The van der Waals surface area contributed by atoms with Crippen molar-refractivity contribution in [2.75, 3.05) is 6.54 Å². The number of aromatic nitrogens is 1. The molecule has 0 saturated heterocycles. The Balaban J connectivity index is 1.86. The van der Waals surface area contributed by atoms with Crippen LogP contribution in [0.2, 0.25) is 5.02 Å². The van der Waals surface area contributed by atoms with Crippen LogP contribution in [-0.2, 0) is 19.4 Å². The van der Waals surface area contributed by atoms with E-state index >= 15 is 0 Å². The van der Waals surface area contributed by atoms with Gasteiger partial charge in [-0.1, -0.05) is 29.8 Å². The number of nitrogens with zero attached hydrogens (tertiary/aromatic N) is 1. The molecule has 2 nitrogen and oxygen atoms in total. The summed E-state index contributed by atoms with van der Waals surface area (Å²) < 4.78 is 0. The third-order valence-electron chi connectivity index (χ3n) is 2.95. The van der Waals surface area contributed by atoms with Crippen LogP contribution >= 0.6 is 22.9 Å². The first-order valence-corrected chi connectivity index (χ1v) is 6.94. The van der Waals surface area contributed by atoms with Gasteiger partial charge in [-0.15, -0.1) is 11.3 Å². The highest BCUT2D eigenvalue weighted by Crippen LogP contribution is 2.25. The Labute approximate surface area is 110 Å². The molecule has 1 aromatic heterocycles. The molecule has 17 heavy (non-hydrogen) atoms. The Morgan fingerprint density at radius 1 is 1.35 bits per heavy atom. The number of nitrogens with one attached hydrogen (secondary N) is 1. The second-order valence-electron chi connectivity index (χ2n) is 4.17. The maximum atomic E-state index is 6.17. The van der Waals surface area contributed by atoms with Crippen molar-refractivity contribution in [1.29, 1.82) is 0 Å². The quantitative estimate of drug-likeness (QED) is 0.902. The van der Waals surface area contributed by atoms with E-state index < -0.39 is 0 Å². The minimum Gasteiger partial charge on any atom is -0.311 e. The van der Waals surface area contributed by atoms with Gasteiger partial charge in [0.2, 0.25) is 0 Å². The summed E-state index contributed by atoms with van der Waals surface area (Å²) in [5.41, 5.74) is 2.43. The predicted molar refractivity (Wildman–Crippen MR) is 71.8 cm³/mol. The van der Waals surface area contributed by atoms with E-state index in [1.165, 1.54) is 15.6 Å². The Bertz CT molecular complexity index is 512. The summed E-state index contributed by atoms with van der Waals surface area (Å²) in [6.45, 7) is 2.01. The van der Waals surface area contributed by atoms with Crippen LogP contribution in [0.4, 0.5) is 0 Å². The number of rotatable bonds is 2. The van der Waals surface area contributed by atoms with Crippen molar-refractivity contribution in [3.63, 3.8) is 0 Å². The molecule has 0 spiro atoms. The molecule has 0 fully saturated rings. The van der Waals surface area contributed by atoms with Gasteiger partial charge in [0.15, 0.2) is 0 Å². The van der Waals surface area contributed by atoms with Gasteiger partial charge in [0.05, 0.1) is 10.7 Å². The number of fused-ring (bicyclic) bond motifs is 1. The van der Waals surface area contributed by atoms with Gasteiger partial charge in [-0.25, -0.2) is 4.98 Å². The van der Waals surface area contributed by atoms with Crippen molar-refractivity contribution in [1.82, 2.24) is 10.3 Å². The number of halogens is 1. The number of benzene rings is 1. The largest absolute Gasteiger partial charge is 0.311 e. The second kappa shape index (κ2) is 4.77. The summed E-state index contributed by atoms with van der Waals surface area (Å²) in [5, 5.41) is 5.38. The van der Waals surface area contributed by atoms with Gasteiger partial charge in [0, 0.05) is 35.8 Å². The van der Waals surface area contributed by atoms with E-state index in [1.807, 2.05) is 18.2 Å². The Morgan fingerprint density at radius 2 is 2.24 bits per heavy atom. The van der Waals surface area contributed by atoms with Gasteiger partial charge >= 0.3 is 0 Å². The van der Waals surface area contributed by atoms with Crippen LogP contribution in [0, 0.1) is 0 Å². The lowest BCUT2D eigenvalue weighted by molar-refractivity contribution is 0.643. The highest BCUT2D eigenvalue weighted by molar-refractivity contribution is 7.11. The summed E-state index contributed by atoms with van der Waals surface area (Å²) >= 11 is 7.97. The lowest BCUT2D eigenvalue weighted by atomic mass is 10.1. The zero-order valence-electron chi connectivity index (χ0n) is 9.37. The highest BCUT2D eigenvalue weighted by atomic mass is 35.5. The van der Waals surface area contributed by atoms with Crippen molar-refractivity contribution < 1.29 is 0 Å². The number of thiazole rings is 1. The minimum absolute atomic E-state index is 0.832. The molecule has 0 aliphatic carbocycles. The molecular formula is C13H13ClN2S. The fourth-order valence-electron chi connectivity index (χ4n) is 2.06. The fraction of sp³-hybridized carbons (Fsp3) is 0.308. The third kappa shape index (κ3) is 2.37. The van der Waals surface area contributed by atoms with Crippen LogP contribution in [0.25, 0.3) is 0 Å². The smallest absolute Gasteiger partial charge is 0.0976 e. The molecule has 1 aliphatic rings. The van der Waals surface area contributed by atoms with Crippen LogP contribution < -0.4 is 5.32 Å². The second-order valence-corrected chi connectivity index (χ2v) is 5.75. The van der Waals surface area contributed by atoms with Crippen molar-refractivity contribution in [2.24, 2.45) is 0 Å². The number of hydrogen-bond donors (Lipinski definition) is 1. The molecule has 88 valence electrons. The van der Waals surface area contributed by atoms with Gasteiger partial charge in [0.1, 0.15) is 0 Å². The van der Waals surface area contributed by atoms with E-state index in [1.54, 1.807) is 11.3 Å². The number of hydrogen-bond acceptors (Lipinski definition) is 3. The zero-order valence-corrected chi connectivity index (χ0v) is 10.9. The average molecular weight is 265 g/mol. The lowest BCUT2D eigenvalue weighted by Crippen LogP contribution is -2.22. The van der Waals surface area contributed by atoms with Crippen molar-refractivity contribution in [3.05, 3.63) is 50.4 Å². The highest BCUT2D eigenvalue weighted by Gasteiger charge is 2.15. The van der Waals surface area contributed by atoms with Gasteiger partial charge in [0.25, 0.3) is 0 Å². The van der Waals surface area contributed by atoms with E-state index in [2.05, 4.69) is 11.4 Å². The predicted octanol–water partition coefficient (Wildman–Crippen LogP) is 3.03. The van der Waals surface area contributed by atoms with Gasteiger partial charge < -0.3 is 5.32 Å². The Hall–Kier alpha value is -0.900. The monoisotopic (exact) mass is 264 g/mol. The first-order valence-electron chi connectivity index (χ1n) is 5.74. The van der Waals surface area contributed by atoms with Gasteiger partial charge in [-0.05, 0) is 11.6 Å². The van der Waals surface area contributed by atoms with Crippen LogP contribution in [0.5, 0.6) is 0 Å². The molecule has 0 atom stereocenters. The van der Waals surface area contributed by atoms with E-state index in [-0.39, 0.29) is 0 Å². The van der Waals surface area contributed by atoms with Gasteiger partial charge in [-0.3, -0.25) is 0 Å². The van der Waals surface area contributed by atoms with E-state index in [9.17, 15) is 0 Å². The summed E-state index contributed by atoms with van der Waals surface area (Å²) in [6.07, 6.45) is 1.89. The summed E-state index contributed by atoms with van der Waals surface area (Å²) in [4.78, 5) is 6.09. The van der Waals surface area contributed by atoms with E-state index in [0.29, 0.717) is 0 Å². The first kappa shape index (κ1) is 11.2. The molecule has 3 rings (SSSR count). The summed E-state index contributed by atoms with van der Waals surface area (Å²) in [5.74, 6) is 0. The van der Waals surface area contributed by atoms with Crippen molar-refractivity contribution in [3.8, 4) is 0 Å². The molecule has 0 saturated carbocycles. The molecule has 2 heterocycles. The van der Waals surface area contributed by atoms with Crippen LogP contribution in [-0.4, -0.2) is 11.5 Å². The molecule has 0 amide bonds. The van der Waals surface area contributed by atoms with E-state index in [0.717, 1.165) is 36.5 Å². The Kier molecular flexibility index (Phi) is 3.14. The summed E-state index contributed by atoms with van der Waals surface area (Å²) in [6, 6.07) is 7.99. The molecule has 4 heteroatoms. The third-order valence-corrected chi connectivity index (χ3v) is 4.41. The average Bonchev–Trinajstić information content (AvgIpc) is 2.74. The molecule has 1 aromatic carbocycles. The molecule has 0 bridgehead atoms. The summed E-state index contributed by atoms with van der Waals surface area (Å²) in [7, 11) is 0. The molecule has 1 N–H and O–H groups in total. The molecule has 0 unspecified atom stereocenters. The molecular weight excluding hydrogens is 252 g/mol. The maximum Gasteiger partial charge on any atom is 0.0976 e. The first-order chi connectivity index (χ1) is 8.33. The lowest BCUT2D eigenvalue weighted by Gasteiger charge is -2.09. The van der Waals surface area contributed by atoms with Gasteiger partial charge in [-0.2, -0.15) is 0 Å². The van der Waals surface area contributed by atoms with Crippen molar-refractivity contribution >= 4 is 22.9 Å². The minimum atomic E-state index is 0.832. The standard InChI is InChI=1S/C13H13ClN2S/c14-10-4-2-1-3-9(10)7-13-16-11-5-6-15-8-12(11)17-13/h1-4,15H,5-8H2. The molecule has 0 radical (unpaired) electrons. The zero-order chi connectivity index (χ0) is 11.7. The molecule has 1 aliphatic heterocycles. The van der Waals surface area contributed by atoms with Crippen LogP contribution in [0.1, 0.15) is 21.1 Å². The van der Waals surface area contributed by atoms with Crippen LogP contribution in [0.15, 0.2) is 24.3 Å². The SMILES string of the molecule is Clc1ccccc1Cc1nc2c(s1)CNCC2. The van der Waals surface area contributed by atoms with E-state index in [4.69, 9.17) is 16.6 Å². The van der Waals surface area contributed by atoms with Crippen molar-refractivity contribution in [2.45, 2.75) is 19.4 Å². The normalized spacial score (nSPS) is 14.6. The fourth-order valence-corrected chi connectivity index (χ4v) is 3.37. The Morgan fingerprint density at radius 3 is 3.06 bits per heavy atom. The molecule has 2 aromatic rings. The topological polar surface area (TPSA) is 24.9 Å².